The second kappa shape index (κ2) is 5.10. The number of rotatable bonds is 4. The third-order valence-corrected chi connectivity index (χ3v) is 3.54. The number of aromatic nitrogens is 3. The zero-order valence-corrected chi connectivity index (χ0v) is 10.9. The maximum absolute atomic E-state index is 5.28. The quantitative estimate of drug-likeness (QED) is 0.819. The van der Waals surface area contributed by atoms with Crippen LogP contribution >= 0.6 is 12.2 Å². The van der Waals surface area contributed by atoms with Gasteiger partial charge in [-0.1, -0.05) is 6.92 Å². The van der Waals surface area contributed by atoms with Gasteiger partial charge in [-0.05, 0) is 45.1 Å². The van der Waals surface area contributed by atoms with Crippen LogP contribution in [0.1, 0.15) is 38.6 Å². The summed E-state index contributed by atoms with van der Waals surface area (Å²) in [7, 11) is 0. The highest BCUT2D eigenvalue weighted by Crippen LogP contribution is 2.15. The van der Waals surface area contributed by atoms with Crippen molar-refractivity contribution in [1.82, 2.24) is 19.7 Å². The lowest BCUT2D eigenvalue weighted by molar-refractivity contribution is 0.284. The van der Waals surface area contributed by atoms with Gasteiger partial charge in [-0.25, -0.2) is 0 Å². The monoisotopic (exact) mass is 240 g/mol. The molecule has 0 bridgehead atoms. The normalized spacial score (nSPS) is 19.1. The van der Waals surface area contributed by atoms with E-state index in [1.54, 1.807) is 0 Å². The van der Waals surface area contributed by atoms with E-state index in [1.807, 2.05) is 0 Å². The smallest absolute Gasteiger partial charge is 0.195 e. The Balaban J connectivity index is 2.09. The van der Waals surface area contributed by atoms with Gasteiger partial charge in [0.2, 0.25) is 0 Å². The van der Waals surface area contributed by atoms with Crippen molar-refractivity contribution in [2.24, 2.45) is 0 Å². The van der Waals surface area contributed by atoms with Gasteiger partial charge in [-0.3, -0.25) is 5.10 Å². The number of nitrogens with zero attached hydrogens (tertiary/aromatic N) is 3. The van der Waals surface area contributed by atoms with Gasteiger partial charge in [0.25, 0.3) is 0 Å². The summed E-state index contributed by atoms with van der Waals surface area (Å²) in [4.78, 5) is 2.51. The Morgan fingerprint density at radius 3 is 2.75 bits per heavy atom. The van der Waals surface area contributed by atoms with Crippen LogP contribution in [0.15, 0.2) is 0 Å². The van der Waals surface area contributed by atoms with Gasteiger partial charge in [-0.2, -0.15) is 5.10 Å². The Labute approximate surface area is 102 Å². The molecule has 1 fully saturated rings. The lowest BCUT2D eigenvalue weighted by Crippen LogP contribution is -2.27. The molecule has 4 nitrogen and oxygen atoms in total. The maximum Gasteiger partial charge on any atom is 0.195 e. The SMILES string of the molecule is CCc1n[nH]c(=S)n1C(C)CN1CCCC1. The molecule has 1 saturated heterocycles. The summed E-state index contributed by atoms with van der Waals surface area (Å²) in [5.74, 6) is 1.07. The summed E-state index contributed by atoms with van der Waals surface area (Å²) < 4.78 is 2.91. The number of hydrogen-bond acceptors (Lipinski definition) is 3. The van der Waals surface area contributed by atoms with Gasteiger partial charge in [0.05, 0.1) is 0 Å². The second-order valence-corrected chi connectivity index (χ2v) is 4.91. The highest BCUT2D eigenvalue weighted by Gasteiger charge is 2.17. The van der Waals surface area contributed by atoms with E-state index in [4.69, 9.17) is 12.2 Å². The predicted molar refractivity (Wildman–Crippen MR) is 67.2 cm³/mol. The molecule has 2 rings (SSSR count). The van der Waals surface area contributed by atoms with Gasteiger partial charge in [0.15, 0.2) is 4.77 Å². The van der Waals surface area contributed by atoms with Gasteiger partial charge in [0.1, 0.15) is 5.82 Å². The zero-order valence-electron chi connectivity index (χ0n) is 10.1. The number of likely N-dealkylation sites (tertiary alicyclic amines) is 1. The molecule has 0 amide bonds. The van der Waals surface area contributed by atoms with Crippen molar-refractivity contribution < 1.29 is 0 Å². The third-order valence-electron chi connectivity index (χ3n) is 3.26. The molecular formula is C11H20N4S. The molecule has 0 spiro atoms. The molecule has 90 valence electrons. The van der Waals surface area contributed by atoms with Crippen LogP contribution in [0.25, 0.3) is 0 Å². The summed E-state index contributed by atoms with van der Waals surface area (Å²) in [5, 5.41) is 7.15. The summed E-state index contributed by atoms with van der Waals surface area (Å²) in [6.45, 7) is 7.89. The number of aryl methyl sites for hydroxylation is 1. The molecule has 1 atom stereocenters. The van der Waals surface area contributed by atoms with Crippen molar-refractivity contribution in [1.29, 1.82) is 0 Å². The number of aromatic amines is 1. The van der Waals surface area contributed by atoms with E-state index in [2.05, 4.69) is 33.5 Å². The summed E-state index contributed by atoms with van der Waals surface area (Å²) >= 11 is 5.28. The molecule has 2 heterocycles. The van der Waals surface area contributed by atoms with Gasteiger partial charge in [0, 0.05) is 19.0 Å². The Morgan fingerprint density at radius 1 is 1.44 bits per heavy atom. The van der Waals surface area contributed by atoms with Crippen LogP contribution in [-0.2, 0) is 6.42 Å². The van der Waals surface area contributed by atoms with E-state index >= 15 is 0 Å². The third kappa shape index (κ3) is 2.35. The van der Waals surface area contributed by atoms with Gasteiger partial charge >= 0.3 is 0 Å². The Morgan fingerprint density at radius 2 is 2.12 bits per heavy atom. The molecule has 1 N–H and O–H groups in total. The first-order valence-corrected chi connectivity index (χ1v) is 6.51. The van der Waals surface area contributed by atoms with Crippen LogP contribution in [-0.4, -0.2) is 39.3 Å². The highest BCUT2D eigenvalue weighted by atomic mass is 32.1. The molecule has 16 heavy (non-hydrogen) atoms. The fourth-order valence-corrected chi connectivity index (χ4v) is 2.79. The second-order valence-electron chi connectivity index (χ2n) is 4.53. The van der Waals surface area contributed by atoms with E-state index < -0.39 is 0 Å². The first kappa shape index (κ1) is 11.8. The van der Waals surface area contributed by atoms with Gasteiger partial charge in [-0.15, -0.1) is 0 Å². The van der Waals surface area contributed by atoms with E-state index in [-0.39, 0.29) is 0 Å². The van der Waals surface area contributed by atoms with Crippen LogP contribution in [0.4, 0.5) is 0 Å². The van der Waals surface area contributed by atoms with Crippen molar-refractivity contribution >= 4 is 12.2 Å². The molecule has 1 aliphatic heterocycles. The van der Waals surface area contributed by atoms with Crippen LogP contribution in [0.2, 0.25) is 0 Å². The van der Waals surface area contributed by atoms with E-state index in [0.717, 1.165) is 23.6 Å². The van der Waals surface area contributed by atoms with Crippen LogP contribution in [0.5, 0.6) is 0 Å². The molecule has 0 saturated carbocycles. The number of H-pyrrole nitrogens is 1. The fraction of sp³-hybridized carbons (Fsp3) is 0.818. The molecule has 1 unspecified atom stereocenters. The van der Waals surface area contributed by atoms with Crippen molar-refractivity contribution in [2.75, 3.05) is 19.6 Å². The Hall–Kier alpha value is -0.680. The van der Waals surface area contributed by atoms with Crippen molar-refractivity contribution in [3.8, 4) is 0 Å². The number of nitrogens with one attached hydrogen (secondary N) is 1. The minimum atomic E-state index is 0.416. The first-order valence-electron chi connectivity index (χ1n) is 6.10. The van der Waals surface area contributed by atoms with Crippen molar-refractivity contribution in [3.63, 3.8) is 0 Å². The van der Waals surface area contributed by atoms with E-state index in [0.29, 0.717) is 6.04 Å². The summed E-state index contributed by atoms with van der Waals surface area (Å²) in [5.41, 5.74) is 0. The van der Waals surface area contributed by atoms with E-state index in [9.17, 15) is 0 Å². The Kier molecular flexibility index (Phi) is 3.76. The highest BCUT2D eigenvalue weighted by molar-refractivity contribution is 7.71. The summed E-state index contributed by atoms with van der Waals surface area (Å²) in [6, 6.07) is 0.416. The molecule has 0 aliphatic carbocycles. The average molecular weight is 240 g/mol. The van der Waals surface area contributed by atoms with Gasteiger partial charge < -0.3 is 9.47 Å². The van der Waals surface area contributed by atoms with Crippen molar-refractivity contribution in [2.45, 2.75) is 39.2 Å². The van der Waals surface area contributed by atoms with Crippen LogP contribution in [0.3, 0.4) is 0 Å². The van der Waals surface area contributed by atoms with Crippen LogP contribution in [0, 0.1) is 4.77 Å². The largest absolute Gasteiger partial charge is 0.301 e. The van der Waals surface area contributed by atoms with Crippen LogP contribution < -0.4 is 0 Å². The maximum atomic E-state index is 5.28. The lowest BCUT2D eigenvalue weighted by atomic mass is 10.3. The topological polar surface area (TPSA) is 36.9 Å². The fourth-order valence-electron chi connectivity index (χ4n) is 2.46. The molecule has 1 aromatic rings. The molecule has 5 heteroatoms. The first-order chi connectivity index (χ1) is 7.72. The lowest BCUT2D eigenvalue weighted by Gasteiger charge is -2.22. The zero-order chi connectivity index (χ0) is 11.5. The molecule has 1 aliphatic rings. The minimum absolute atomic E-state index is 0.416. The van der Waals surface area contributed by atoms with E-state index in [1.165, 1.54) is 25.9 Å². The predicted octanol–water partition coefficient (Wildman–Crippen LogP) is 2.16. The summed E-state index contributed by atoms with van der Waals surface area (Å²) in [6.07, 6.45) is 3.60. The molecule has 0 radical (unpaired) electrons. The van der Waals surface area contributed by atoms with Crippen molar-refractivity contribution in [3.05, 3.63) is 10.6 Å². The molecule has 0 aromatic carbocycles. The number of hydrogen-bond donors (Lipinski definition) is 1. The molecular weight excluding hydrogens is 220 g/mol. The standard InChI is InChI=1S/C11H20N4S/c1-3-10-12-13-11(16)15(10)9(2)8-14-6-4-5-7-14/h9H,3-8H2,1-2H3,(H,13,16). The molecule has 1 aromatic heterocycles. The minimum Gasteiger partial charge on any atom is -0.301 e. The Bertz CT molecular complexity index is 389. The average Bonchev–Trinajstić information content (AvgIpc) is 2.87.